The Bertz CT molecular complexity index is 199. The van der Waals surface area contributed by atoms with Crippen LogP contribution in [0.3, 0.4) is 0 Å². The Labute approximate surface area is 81.5 Å². The van der Waals surface area contributed by atoms with Gasteiger partial charge in [0.2, 0.25) is 0 Å². The third kappa shape index (κ3) is 1.32. The van der Waals surface area contributed by atoms with Crippen molar-refractivity contribution in [2.24, 2.45) is 29.6 Å². The van der Waals surface area contributed by atoms with Crippen LogP contribution in [0.1, 0.15) is 26.2 Å². The van der Waals surface area contributed by atoms with Crippen LogP contribution in [0.5, 0.6) is 0 Å². The largest absolute Gasteiger partial charge is 0.306 e. The van der Waals surface area contributed by atoms with Gasteiger partial charge in [-0.25, -0.2) is 0 Å². The van der Waals surface area contributed by atoms with E-state index in [1.54, 1.807) is 19.3 Å². The molecule has 0 aromatic rings. The molecule has 2 aliphatic carbocycles. The lowest BCUT2D eigenvalue weighted by Gasteiger charge is -2.13. The molecule has 1 heteroatoms. The predicted octanol–water partition coefficient (Wildman–Crippen LogP) is 2.23. The van der Waals surface area contributed by atoms with Crippen molar-refractivity contribution < 1.29 is 0 Å². The van der Waals surface area contributed by atoms with Crippen molar-refractivity contribution >= 4 is 0 Å². The van der Waals surface area contributed by atoms with Gasteiger partial charge < -0.3 is 4.90 Å². The summed E-state index contributed by atoms with van der Waals surface area (Å²) in [5, 5.41) is 0. The van der Waals surface area contributed by atoms with Crippen LogP contribution in [0.25, 0.3) is 0 Å². The second-order valence-electron chi connectivity index (χ2n) is 5.85. The van der Waals surface area contributed by atoms with Crippen molar-refractivity contribution in [2.75, 3.05) is 20.1 Å². The molecule has 3 fully saturated rings. The maximum Gasteiger partial charge on any atom is 0.000996 e. The molecule has 0 radical (unpaired) electrons. The Morgan fingerprint density at radius 2 is 1.46 bits per heavy atom. The smallest absolute Gasteiger partial charge is 0.000996 e. The number of likely N-dealkylation sites (tertiary alicyclic amines) is 1. The van der Waals surface area contributed by atoms with Crippen LogP contribution in [-0.4, -0.2) is 25.0 Å². The highest BCUT2D eigenvalue weighted by atomic mass is 15.1. The van der Waals surface area contributed by atoms with Crippen LogP contribution in [0, 0.1) is 29.6 Å². The Balaban J connectivity index is 1.62. The number of hydrogen-bond donors (Lipinski definition) is 0. The lowest BCUT2D eigenvalue weighted by Crippen LogP contribution is -2.17. The van der Waals surface area contributed by atoms with E-state index in [2.05, 4.69) is 18.9 Å². The molecule has 3 unspecified atom stereocenters. The fourth-order valence-electron chi connectivity index (χ4n) is 3.94. The third-order valence-corrected chi connectivity index (χ3v) is 4.75. The standard InChI is InChI=1S/C12H21N/c1-8-3-12(8)9-4-10-6-13(2)7-11(10)5-9/h8-12H,3-7H2,1-2H3/t8?,9-,10-,11?,12?/m0/s1. The summed E-state index contributed by atoms with van der Waals surface area (Å²) in [6.07, 6.45) is 4.66. The van der Waals surface area contributed by atoms with Gasteiger partial charge in [0.25, 0.3) is 0 Å². The molecule has 5 atom stereocenters. The van der Waals surface area contributed by atoms with E-state index in [4.69, 9.17) is 0 Å². The molecule has 1 heterocycles. The summed E-state index contributed by atoms with van der Waals surface area (Å²) in [5.41, 5.74) is 0. The summed E-state index contributed by atoms with van der Waals surface area (Å²) in [7, 11) is 2.28. The number of hydrogen-bond acceptors (Lipinski definition) is 1. The first kappa shape index (κ1) is 8.28. The minimum atomic E-state index is 1.07. The van der Waals surface area contributed by atoms with E-state index < -0.39 is 0 Å². The monoisotopic (exact) mass is 179 g/mol. The van der Waals surface area contributed by atoms with E-state index in [0.717, 1.165) is 29.6 Å². The first-order chi connectivity index (χ1) is 6.24. The summed E-state index contributed by atoms with van der Waals surface area (Å²) >= 11 is 0. The number of rotatable bonds is 1. The molecular weight excluding hydrogens is 158 g/mol. The molecule has 0 aromatic heterocycles. The van der Waals surface area contributed by atoms with Crippen LogP contribution in [-0.2, 0) is 0 Å². The van der Waals surface area contributed by atoms with Gasteiger partial charge in [-0.15, -0.1) is 0 Å². The zero-order chi connectivity index (χ0) is 9.00. The van der Waals surface area contributed by atoms with E-state index in [1.807, 2.05) is 0 Å². The van der Waals surface area contributed by atoms with Gasteiger partial charge >= 0.3 is 0 Å². The Morgan fingerprint density at radius 1 is 0.923 bits per heavy atom. The van der Waals surface area contributed by atoms with Gasteiger partial charge in [0.15, 0.2) is 0 Å². The van der Waals surface area contributed by atoms with Crippen molar-refractivity contribution in [1.82, 2.24) is 4.90 Å². The van der Waals surface area contributed by atoms with Gasteiger partial charge in [-0.3, -0.25) is 0 Å². The van der Waals surface area contributed by atoms with Gasteiger partial charge in [-0.2, -0.15) is 0 Å². The fourth-order valence-corrected chi connectivity index (χ4v) is 3.94. The molecule has 3 aliphatic rings. The Hall–Kier alpha value is -0.0400. The highest BCUT2D eigenvalue weighted by Crippen LogP contribution is 2.54. The van der Waals surface area contributed by atoms with Crippen LogP contribution in [0.4, 0.5) is 0 Å². The number of nitrogens with zero attached hydrogens (tertiary/aromatic N) is 1. The predicted molar refractivity (Wildman–Crippen MR) is 54.5 cm³/mol. The highest BCUT2D eigenvalue weighted by molar-refractivity contribution is 4.98. The quantitative estimate of drug-likeness (QED) is 0.596. The fraction of sp³-hybridized carbons (Fsp3) is 1.00. The van der Waals surface area contributed by atoms with Gasteiger partial charge in [-0.1, -0.05) is 6.92 Å². The normalized spacial score (nSPS) is 55.4. The maximum absolute atomic E-state index is 2.53. The van der Waals surface area contributed by atoms with Gasteiger partial charge in [0.1, 0.15) is 0 Å². The van der Waals surface area contributed by atoms with E-state index in [-0.39, 0.29) is 0 Å². The highest BCUT2D eigenvalue weighted by Gasteiger charge is 2.47. The van der Waals surface area contributed by atoms with Crippen molar-refractivity contribution in [3.05, 3.63) is 0 Å². The van der Waals surface area contributed by atoms with E-state index in [9.17, 15) is 0 Å². The van der Waals surface area contributed by atoms with Crippen molar-refractivity contribution in [2.45, 2.75) is 26.2 Å². The molecule has 3 rings (SSSR count). The van der Waals surface area contributed by atoms with Gasteiger partial charge in [0, 0.05) is 13.1 Å². The van der Waals surface area contributed by atoms with E-state index in [1.165, 1.54) is 13.1 Å². The summed E-state index contributed by atoms with van der Waals surface area (Å²) in [6.45, 7) is 5.22. The van der Waals surface area contributed by atoms with Crippen LogP contribution >= 0.6 is 0 Å². The summed E-state index contributed by atoms with van der Waals surface area (Å²) in [4.78, 5) is 2.53. The molecule has 13 heavy (non-hydrogen) atoms. The van der Waals surface area contributed by atoms with Crippen LogP contribution in [0.2, 0.25) is 0 Å². The molecule has 1 nitrogen and oxygen atoms in total. The lowest BCUT2D eigenvalue weighted by molar-refractivity contribution is 0.335. The number of fused-ring (bicyclic) bond motifs is 1. The molecule has 0 spiro atoms. The minimum Gasteiger partial charge on any atom is -0.306 e. The van der Waals surface area contributed by atoms with Crippen LogP contribution < -0.4 is 0 Å². The summed E-state index contributed by atoms with van der Waals surface area (Å²) in [5.74, 6) is 5.47. The Morgan fingerprint density at radius 3 is 1.92 bits per heavy atom. The van der Waals surface area contributed by atoms with E-state index >= 15 is 0 Å². The van der Waals surface area contributed by atoms with Crippen molar-refractivity contribution in [3.63, 3.8) is 0 Å². The van der Waals surface area contributed by atoms with Crippen molar-refractivity contribution in [1.29, 1.82) is 0 Å². The molecule has 74 valence electrons. The third-order valence-electron chi connectivity index (χ3n) is 4.75. The molecule has 0 amide bonds. The average molecular weight is 179 g/mol. The molecule has 2 saturated carbocycles. The zero-order valence-electron chi connectivity index (χ0n) is 8.87. The first-order valence-electron chi connectivity index (χ1n) is 5.92. The second kappa shape index (κ2) is 2.73. The maximum atomic E-state index is 2.53. The lowest BCUT2D eigenvalue weighted by atomic mass is 9.99. The van der Waals surface area contributed by atoms with Gasteiger partial charge in [-0.05, 0) is 55.9 Å². The zero-order valence-corrected chi connectivity index (χ0v) is 8.87. The molecule has 0 aromatic carbocycles. The summed E-state index contributed by atoms with van der Waals surface area (Å²) in [6, 6.07) is 0. The average Bonchev–Trinajstić information content (AvgIpc) is 2.50. The molecule has 1 aliphatic heterocycles. The molecule has 1 saturated heterocycles. The Kier molecular flexibility index (Phi) is 1.74. The topological polar surface area (TPSA) is 3.24 Å². The molecular formula is C12H21N. The molecule has 0 bridgehead atoms. The molecule has 0 N–H and O–H groups in total. The van der Waals surface area contributed by atoms with E-state index in [0.29, 0.717) is 0 Å². The van der Waals surface area contributed by atoms with Gasteiger partial charge in [0.05, 0.1) is 0 Å². The second-order valence-corrected chi connectivity index (χ2v) is 5.85. The van der Waals surface area contributed by atoms with Crippen molar-refractivity contribution in [3.8, 4) is 0 Å². The summed E-state index contributed by atoms with van der Waals surface area (Å²) < 4.78 is 0. The van der Waals surface area contributed by atoms with Crippen LogP contribution in [0.15, 0.2) is 0 Å². The SMILES string of the molecule is CC1CC1[C@@H]1CC2CN(C)C[C@@H]2C1. The first-order valence-corrected chi connectivity index (χ1v) is 5.92. The minimum absolute atomic E-state index is 1.07.